The Morgan fingerprint density at radius 2 is 2.25 bits per heavy atom. The zero-order valence-electron chi connectivity index (χ0n) is 10.9. The molecule has 1 aliphatic rings. The summed E-state index contributed by atoms with van der Waals surface area (Å²) in [5.41, 5.74) is 2.90. The molecule has 0 radical (unpaired) electrons. The van der Waals surface area contributed by atoms with Gasteiger partial charge >= 0.3 is 0 Å². The van der Waals surface area contributed by atoms with Crippen LogP contribution in [0.15, 0.2) is 23.3 Å². The molecule has 0 amide bonds. The first-order chi connectivity index (χ1) is 7.62. The summed E-state index contributed by atoms with van der Waals surface area (Å²) >= 11 is 0. The maximum absolute atomic E-state index is 11.1. The van der Waals surface area contributed by atoms with Gasteiger partial charge in [-0.15, -0.1) is 0 Å². The molecule has 0 aromatic rings. The van der Waals surface area contributed by atoms with Crippen LogP contribution in [0.25, 0.3) is 0 Å². The Kier molecular flexibility index (Phi) is 4.98. The summed E-state index contributed by atoms with van der Waals surface area (Å²) in [6.45, 7) is 6.41. The van der Waals surface area contributed by atoms with E-state index in [0.29, 0.717) is 0 Å². The van der Waals surface area contributed by atoms with E-state index in [1.165, 1.54) is 18.3 Å². The third-order valence-electron chi connectivity index (χ3n) is 3.71. The molecular weight excluding hydrogens is 196 g/mol. The number of carbonyl (C=O) groups excluding carboxylic acids is 1. The Bertz CT molecular complexity index is 295. The summed E-state index contributed by atoms with van der Waals surface area (Å²) in [6.07, 6.45) is 12.2. The summed E-state index contributed by atoms with van der Waals surface area (Å²) < 4.78 is 0. The lowest BCUT2D eigenvalue weighted by atomic mass is 9.74. The predicted octanol–water partition coefficient (Wildman–Crippen LogP) is 4.44. The average molecular weight is 220 g/mol. The van der Waals surface area contributed by atoms with E-state index in [0.717, 1.165) is 32.1 Å². The van der Waals surface area contributed by atoms with Gasteiger partial charge in [0.25, 0.3) is 0 Å². The molecule has 1 heteroatoms. The van der Waals surface area contributed by atoms with Gasteiger partial charge in [0.2, 0.25) is 0 Å². The highest BCUT2D eigenvalue weighted by molar-refractivity contribution is 5.60. The minimum atomic E-state index is -0.0417. The van der Waals surface area contributed by atoms with Gasteiger partial charge in [0.1, 0.15) is 6.29 Å². The summed E-state index contributed by atoms with van der Waals surface area (Å²) in [6, 6.07) is 0. The van der Waals surface area contributed by atoms with Gasteiger partial charge < -0.3 is 4.79 Å². The van der Waals surface area contributed by atoms with Crippen LogP contribution in [0.1, 0.15) is 59.3 Å². The number of rotatable bonds is 5. The minimum absolute atomic E-state index is 0.0417. The quantitative estimate of drug-likeness (QED) is 0.494. The standard InChI is InChI=1S/C15H24O/c1-4-15(12-16)10-8-14(9-11-15)7-5-6-13(2)3/h6,8,12H,4-5,7,9-11H2,1-3H3. The van der Waals surface area contributed by atoms with Crippen LogP contribution in [-0.4, -0.2) is 6.29 Å². The number of hydrogen-bond acceptors (Lipinski definition) is 1. The van der Waals surface area contributed by atoms with E-state index >= 15 is 0 Å². The molecule has 1 unspecified atom stereocenters. The van der Waals surface area contributed by atoms with Gasteiger partial charge in [0, 0.05) is 5.41 Å². The first-order valence-electron chi connectivity index (χ1n) is 6.39. The minimum Gasteiger partial charge on any atom is -0.303 e. The van der Waals surface area contributed by atoms with Crippen molar-refractivity contribution in [3.8, 4) is 0 Å². The van der Waals surface area contributed by atoms with Gasteiger partial charge in [0.05, 0.1) is 0 Å². The van der Waals surface area contributed by atoms with Crippen molar-refractivity contribution in [1.82, 2.24) is 0 Å². The molecule has 1 aliphatic carbocycles. The SMILES string of the molecule is CCC1(C=O)CC=C(CCC=C(C)C)CC1. The van der Waals surface area contributed by atoms with E-state index in [-0.39, 0.29) is 5.41 Å². The average Bonchev–Trinajstić information content (AvgIpc) is 2.30. The Morgan fingerprint density at radius 3 is 2.69 bits per heavy atom. The predicted molar refractivity (Wildman–Crippen MR) is 69.4 cm³/mol. The molecule has 0 saturated carbocycles. The summed E-state index contributed by atoms with van der Waals surface area (Å²) in [5, 5.41) is 0. The molecule has 1 rings (SSSR count). The molecule has 0 aromatic carbocycles. The molecule has 0 heterocycles. The smallest absolute Gasteiger partial charge is 0.126 e. The second-order valence-electron chi connectivity index (χ2n) is 5.22. The summed E-state index contributed by atoms with van der Waals surface area (Å²) in [7, 11) is 0. The van der Waals surface area contributed by atoms with Crippen LogP contribution < -0.4 is 0 Å². The molecule has 0 N–H and O–H groups in total. The zero-order valence-corrected chi connectivity index (χ0v) is 10.9. The van der Waals surface area contributed by atoms with Gasteiger partial charge in [-0.2, -0.15) is 0 Å². The van der Waals surface area contributed by atoms with Crippen molar-refractivity contribution >= 4 is 6.29 Å². The molecular formula is C15H24O. The Morgan fingerprint density at radius 1 is 1.50 bits per heavy atom. The highest BCUT2D eigenvalue weighted by Crippen LogP contribution is 2.37. The number of allylic oxidation sites excluding steroid dienone is 4. The Balaban J connectivity index is 2.46. The maximum Gasteiger partial charge on any atom is 0.126 e. The number of carbonyl (C=O) groups is 1. The van der Waals surface area contributed by atoms with Crippen LogP contribution in [0, 0.1) is 5.41 Å². The molecule has 0 aliphatic heterocycles. The van der Waals surface area contributed by atoms with Crippen LogP contribution >= 0.6 is 0 Å². The first kappa shape index (κ1) is 13.2. The fourth-order valence-electron chi connectivity index (χ4n) is 2.25. The van der Waals surface area contributed by atoms with Gasteiger partial charge in [0.15, 0.2) is 0 Å². The van der Waals surface area contributed by atoms with Crippen LogP contribution in [-0.2, 0) is 4.79 Å². The second kappa shape index (κ2) is 6.03. The third-order valence-corrected chi connectivity index (χ3v) is 3.71. The van der Waals surface area contributed by atoms with Crippen molar-refractivity contribution in [2.24, 2.45) is 5.41 Å². The molecule has 0 saturated heterocycles. The van der Waals surface area contributed by atoms with Crippen LogP contribution in [0.5, 0.6) is 0 Å². The molecule has 0 bridgehead atoms. The lowest BCUT2D eigenvalue weighted by molar-refractivity contribution is -0.116. The molecule has 1 atom stereocenters. The highest BCUT2D eigenvalue weighted by atomic mass is 16.1. The molecule has 0 spiro atoms. The Labute approximate surface area is 99.6 Å². The van der Waals surface area contributed by atoms with E-state index in [2.05, 4.69) is 32.9 Å². The summed E-state index contributed by atoms with van der Waals surface area (Å²) in [4.78, 5) is 11.1. The maximum atomic E-state index is 11.1. The van der Waals surface area contributed by atoms with Gasteiger partial charge in [-0.1, -0.05) is 30.2 Å². The number of hydrogen-bond donors (Lipinski definition) is 0. The monoisotopic (exact) mass is 220 g/mol. The normalized spacial score (nSPS) is 24.8. The van der Waals surface area contributed by atoms with E-state index in [1.54, 1.807) is 5.57 Å². The Hall–Kier alpha value is -0.850. The molecule has 90 valence electrons. The highest BCUT2D eigenvalue weighted by Gasteiger charge is 2.29. The van der Waals surface area contributed by atoms with E-state index < -0.39 is 0 Å². The number of aldehydes is 1. The topological polar surface area (TPSA) is 17.1 Å². The van der Waals surface area contributed by atoms with E-state index in [9.17, 15) is 4.79 Å². The molecule has 16 heavy (non-hydrogen) atoms. The van der Waals surface area contributed by atoms with Crippen molar-refractivity contribution in [2.45, 2.75) is 59.3 Å². The van der Waals surface area contributed by atoms with Crippen molar-refractivity contribution in [3.63, 3.8) is 0 Å². The third kappa shape index (κ3) is 3.62. The zero-order chi connectivity index (χ0) is 12.0. The molecule has 1 nitrogen and oxygen atoms in total. The lowest BCUT2D eigenvalue weighted by Gasteiger charge is -2.30. The van der Waals surface area contributed by atoms with Crippen LogP contribution in [0.3, 0.4) is 0 Å². The first-order valence-corrected chi connectivity index (χ1v) is 6.39. The van der Waals surface area contributed by atoms with Crippen molar-refractivity contribution in [1.29, 1.82) is 0 Å². The lowest BCUT2D eigenvalue weighted by Crippen LogP contribution is -2.23. The largest absolute Gasteiger partial charge is 0.303 e. The fraction of sp³-hybridized carbons (Fsp3) is 0.667. The van der Waals surface area contributed by atoms with E-state index in [1.807, 2.05) is 0 Å². The van der Waals surface area contributed by atoms with Crippen LogP contribution in [0.2, 0.25) is 0 Å². The second-order valence-corrected chi connectivity index (χ2v) is 5.22. The molecule has 0 fully saturated rings. The summed E-state index contributed by atoms with van der Waals surface area (Å²) in [5.74, 6) is 0. The van der Waals surface area contributed by atoms with Crippen molar-refractivity contribution in [2.75, 3.05) is 0 Å². The van der Waals surface area contributed by atoms with Crippen molar-refractivity contribution in [3.05, 3.63) is 23.3 Å². The van der Waals surface area contributed by atoms with Crippen molar-refractivity contribution < 1.29 is 4.79 Å². The van der Waals surface area contributed by atoms with Gasteiger partial charge in [-0.3, -0.25) is 0 Å². The fourth-order valence-corrected chi connectivity index (χ4v) is 2.25. The van der Waals surface area contributed by atoms with Gasteiger partial charge in [-0.05, 0) is 52.4 Å². The van der Waals surface area contributed by atoms with E-state index in [4.69, 9.17) is 0 Å². The van der Waals surface area contributed by atoms with Gasteiger partial charge in [-0.25, -0.2) is 0 Å². The molecule has 0 aromatic heterocycles. The van der Waals surface area contributed by atoms with Crippen LogP contribution in [0.4, 0.5) is 0 Å².